The minimum Gasteiger partial charge on any atom is -0.450 e. The van der Waals surface area contributed by atoms with Gasteiger partial charge in [0, 0.05) is 52.1 Å². The van der Waals surface area contributed by atoms with Gasteiger partial charge in [0.25, 0.3) is 0 Å². The van der Waals surface area contributed by atoms with E-state index in [-0.39, 0.29) is 23.9 Å². The Morgan fingerprint density at radius 2 is 1.72 bits per heavy atom. The van der Waals surface area contributed by atoms with Crippen LogP contribution in [0.3, 0.4) is 0 Å². The number of carbonyl (C=O) groups is 3. The molecule has 0 spiro atoms. The lowest BCUT2D eigenvalue weighted by Crippen LogP contribution is -2.49. The Morgan fingerprint density at radius 1 is 1.08 bits per heavy atom. The fraction of sp³-hybridized carbons (Fsp3) is 0.824. The third kappa shape index (κ3) is 5.59. The number of hydrogen-bond acceptors (Lipinski definition) is 5. The number of likely N-dealkylation sites (tertiary alicyclic amines) is 1. The molecule has 0 unspecified atom stereocenters. The molecule has 2 heterocycles. The molecule has 2 fully saturated rings. The van der Waals surface area contributed by atoms with Crippen LogP contribution in [0.5, 0.6) is 0 Å². The second kappa shape index (κ2) is 9.60. The molecule has 0 aliphatic carbocycles. The number of ether oxygens (including phenoxy) is 2. The summed E-state index contributed by atoms with van der Waals surface area (Å²) in [6.45, 7) is 7.66. The third-order valence-corrected chi connectivity index (χ3v) is 4.77. The smallest absolute Gasteiger partial charge is 0.409 e. The maximum Gasteiger partial charge on any atom is 0.409 e. The first-order valence-electron chi connectivity index (χ1n) is 9.07. The van der Waals surface area contributed by atoms with Gasteiger partial charge < -0.3 is 24.2 Å². The minimum absolute atomic E-state index is 0.0237. The van der Waals surface area contributed by atoms with Crippen molar-refractivity contribution >= 4 is 17.9 Å². The van der Waals surface area contributed by atoms with Gasteiger partial charge in [-0.05, 0) is 19.8 Å². The number of amides is 3. The van der Waals surface area contributed by atoms with Gasteiger partial charge in [-0.25, -0.2) is 4.79 Å². The third-order valence-electron chi connectivity index (χ3n) is 4.77. The van der Waals surface area contributed by atoms with Gasteiger partial charge in [0.05, 0.1) is 19.8 Å². The molecular weight excluding hydrogens is 326 g/mol. The molecule has 0 radical (unpaired) electrons. The Hall–Kier alpha value is -1.83. The van der Waals surface area contributed by atoms with Crippen LogP contribution < -0.4 is 0 Å². The number of piperidine rings is 1. The molecule has 0 bridgehead atoms. The standard InChI is InChI=1S/C17H29N3O5/c1-3-25-17(23)19-7-4-15(5-8-19)20(14(2)21)9-6-16(22)18-10-12-24-13-11-18/h15H,3-13H2,1-2H3. The van der Waals surface area contributed by atoms with Gasteiger partial charge in [0.15, 0.2) is 0 Å². The van der Waals surface area contributed by atoms with E-state index in [0.29, 0.717) is 71.8 Å². The van der Waals surface area contributed by atoms with Crippen molar-refractivity contribution < 1.29 is 23.9 Å². The molecule has 8 nitrogen and oxygen atoms in total. The second-order valence-electron chi connectivity index (χ2n) is 6.37. The molecule has 0 aromatic heterocycles. The van der Waals surface area contributed by atoms with E-state index in [0.717, 1.165) is 0 Å². The predicted octanol–water partition coefficient (Wildman–Crippen LogP) is 0.705. The molecule has 2 aliphatic rings. The molecule has 3 amide bonds. The maximum absolute atomic E-state index is 12.3. The Morgan fingerprint density at radius 3 is 2.28 bits per heavy atom. The summed E-state index contributed by atoms with van der Waals surface area (Å²) < 4.78 is 10.3. The van der Waals surface area contributed by atoms with Crippen LogP contribution in [-0.2, 0) is 19.1 Å². The molecule has 0 atom stereocenters. The zero-order chi connectivity index (χ0) is 18.2. The molecule has 0 aromatic rings. The van der Waals surface area contributed by atoms with Crippen molar-refractivity contribution in [3.63, 3.8) is 0 Å². The predicted molar refractivity (Wildman–Crippen MR) is 91.0 cm³/mol. The molecule has 0 aromatic carbocycles. The zero-order valence-electron chi connectivity index (χ0n) is 15.2. The molecule has 2 saturated heterocycles. The Balaban J connectivity index is 1.81. The van der Waals surface area contributed by atoms with Crippen molar-refractivity contribution in [3.8, 4) is 0 Å². The topological polar surface area (TPSA) is 79.4 Å². The Bertz CT molecular complexity index is 471. The van der Waals surface area contributed by atoms with Gasteiger partial charge in [-0.2, -0.15) is 0 Å². The van der Waals surface area contributed by atoms with Crippen LogP contribution in [-0.4, -0.2) is 91.2 Å². The summed E-state index contributed by atoms with van der Waals surface area (Å²) in [4.78, 5) is 41.3. The zero-order valence-corrected chi connectivity index (χ0v) is 15.2. The maximum atomic E-state index is 12.3. The monoisotopic (exact) mass is 355 g/mol. The van der Waals surface area contributed by atoms with E-state index in [2.05, 4.69) is 0 Å². The fourth-order valence-electron chi connectivity index (χ4n) is 3.36. The van der Waals surface area contributed by atoms with Crippen molar-refractivity contribution in [2.75, 3.05) is 52.5 Å². The number of carbonyl (C=O) groups excluding carboxylic acids is 3. The van der Waals surface area contributed by atoms with Crippen molar-refractivity contribution in [2.45, 2.75) is 39.2 Å². The van der Waals surface area contributed by atoms with Crippen molar-refractivity contribution in [2.24, 2.45) is 0 Å². The van der Waals surface area contributed by atoms with Crippen LogP contribution >= 0.6 is 0 Å². The largest absolute Gasteiger partial charge is 0.450 e. The molecule has 2 rings (SSSR count). The molecular formula is C17H29N3O5. The highest BCUT2D eigenvalue weighted by Crippen LogP contribution is 2.18. The van der Waals surface area contributed by atoms with Crippen LogP contribution in [0.2, 0.25) is 0 Å². The Labute approximate surface area is 149 Å². The molecule has 2 aliphatic heterocycles. The SMILES string of the molecule is CCOC(=O)N1CCC(N(CCC(=O)N2CCOCC2)C(C)=O)CC1. The normalized spacial score (nSPS) is 18.8. The summed E-state index contributed by atoms with van der Waals surface area (Å²) in [6, 6.07) is 0.0701. The first kappa shape index (κ1) is 19.5. The molecule has 142 valence electrons. The lowest BCUT2D eigenvalue weighted by molar-refractivity contribution is -0.137. The number of hydrogen-bond donors (Lipinski definition) is 0. The minimum atomic E-state index is -0.294. The van der Waals surface area contributed by atoms with Crippen LogP contribution in [0, 0.1) is 0 Å². The van der Waals surface area contributed by atoms with Gasteiger partial charge in [0.2, 0.25) is 11.8 Å². The molecule has 25 heavy (non-hydrogen) atoms. The van der Waals surface area contributed by atoms with E-state index in [1.165, 1.54) is 6.92 Å². The first-order chi connectivity index (χ1) is 12.0. The number of nitrogens with zero attached hydrogens (tertiary/aromatic N) is 3. The van der Waals surface area contributed by atoms with E-state index < -0.39 is 0 Å². The summed E-state index contributed by atoms with van der Waals surface area (Å²) in [5.74, 6) is 0.0443. The summed E-state index contributed by atoms with van der Waals surface area (Å²) in [6.07, 6.45) is 1.46. The lowest BCUT2D eigenvalue weighted by Gasteiger charge is -2.38. The summed E-state index contributed by atoms with van der Waals surface area (Å²) in [5.41, 5.74) is 0. The van der Waals surface area contributed by atoms with Gasteiger partial charge in [-0.15, -0.1) is 0 Å². The van der Waals surface area contributed by atoms with E-state index in [1.807, 2.05) is 0 Å². The molecule has 0 saturated carbocycles. The highest BCUT2D eigenvalue weighted by Gasteiger charge is 2.29. The van der Waals surface area contributed by atoms with Crippen molar-refractivity contribution in [1.82, 2.24) is 14.7 Å². The van der Waals surface area contributed by atoms with E-state index in [4.69, 9.17) is 9.47 Å². The van der Waals surface area contributed by atoms with Gasteiger partial charge in [-0.3, -0.25) is 9.59 Å². The second-order valence-corrected chi connectivity index (χ2v) is 6.37. The summed E-state index contributed by atoms with van der Waals surface area (Å²) in [5, 5.41) is 0. The van der Waals surface area contributed by atoms with Crippen molar-refractivity contribution in [3.05, 3.63) is 0 Å². The van der Waals surface area contributed by atoms with Crippen LogP contribution in [0.15, 0.2) is 0 Å². The first-order valence-corrected chi connectivity index (χ1v) is 9.07. The average molecular weight is 355 g/mol. The van der Waals surface area contributed by atoms with E-state index >= 15 is 0 Å². The lowest BCUT2D eigenvalue weighted by atomic mass is 10.0. The molecule has 0 N–H and O–H groups in total. The number of rotatable bonds is 5. The van der Waals surface area contributed by atoms with Gasteiger partial charge in [-0.1, -0.05) is 0 Å². The number of morpholine rings is 1. The summed E-state index contributed by atoms with van der Waals surface area (Å²) >= 11 is 0. The quantitative estimate of drug-likeness (QED) is 0.725. The highest BCUT2D eigenvalue weighted by atomic mass is 16.6. The van der Waals surface area contributed by atoms with Crippen LogP contribution in [0.1, 0.15) is 33.1 Å². The van der Waals surface area contributed by atoms with Crippen molar-refractivity contribution in [1.29, 1.82) is 0 Å². The Kier molecular flexibility index (Phi) is 7.49. The van der Waals surface area contributed by atoms with Gasteiger partial charge >= 0.3 is 6.09 Å². The van der Waals surface area contributed by atoms with Gasteiger partial charge in [0.1, 0.15) is 0 Å². The van der Waals surface area contributed by atoms with Crippen LogP contribution in [0.4, 0.5) is 4.79 Å². The van der Waals surface area contributed by atoms with Crippen LogP contribution in [0.25, 0.3) is 0 Å². The highest BCUT2D eigenvalue weighted by molar-refractivity contribution is 5.78. The van der Waals surface area contributed by atoms with E-state index in [9.17, 15) is 14.4 Å². The summed E-state index contributed by atoms with van der Waals surface area (Å²) in [7, 11) is 0. The molecule has 8 heteroatoms. The van der Waals surface area contributed by atoms with E-state index in [1.54, 1.807) is 21.6 Å². The fourth-order valence-corrected chi connectivity index (χ4v) is 3.36. The average Bonchev–Trinajstić information content (AvgIpc) is 2.63.